The summed E-state index contributed by atoms with van der Waals surface area (Å²) < 4.78 is 21.1. The zero-order chi connectivity index (χ0) is 28.5. The number of aliphatic hydroxyl groups excluding tert-OH is 1. The van der Waals surface area contributed by atoms with Gasteiger partial charge in [0.1, 0.15) is 5.69 Å². The van der Waals surface area contributed by atoms with Crippen LogP contribution in [0.1, 0.15) is 61.2 Å². The highest BCUT2D eigenvalue weighted by Gasteiger charge is 2.49. The molecule has 41 heavy (non-hydrogen) atoms. The Kier molecular flexibility index (Phi) is 5.83. The Labute approximate surface area is 237 Å². The van der Waals surface area contributed by atoms with Gasteiger partial charge in [-0.25, -0.2) is 14.1 Å². The smallest absolute Gasteiger partial charge is 0.181 e. The van der Waals surface area contributed by atoms with E-state index in [4.69, 9.17) is 15.2 Å². The van der Waals surface area contributed by atoms with Crippen molar-refractivity contribution in [3.05, 3.63) is 89.5 Å². The van der Waals surface area contributed by atoms with Gasteiger partial charge in [-0.15, -0.1) is 0 Å². The van der Waals surface area contributed by atoms with Crippen molar-refractivity contribution in [2.75, 3.05) is 0 Å². The number of alkyl halides is 1. The second-order valence-electron chi connectivity index (χ2n) is 11.5. The van der Waals surface area contributed by atoms with E-state index in [0.29, 0.717) is 36.4 Å². The Bertz CT molecular complexity index is 1910. The quantitative estimate of drug-likeness (QED) is 0.253. The lowest BCUT2D eigenvalue weighted by atomic mass is 9.95. The van der Waals surface area contributed by atoms with Crippen LogP contribution < -0.4 is 0 Å². The van der Waals surface area contributed by atoms with Gasteiger partial charge in [0.15, 0.2) is 11.3 Å². The molecule has 0 radical (unpaired) electrons. The highest BCUT2D eigenvalue weighted by atomic mass is 19.1. The zero-order valence-corrected chi connectivity index (χ0v) is 23.6. The number of aromatic nitrogens is 7. The predicted octanol–water partition coefficient (Wildman–Crippen LogP) is 6.29. The molecular weight excluding hydrogens is 517 g/mol. The summed E-state index contributed by atoms with van der Waals surface area (Å²) in [5.41, 5.74) is 5.65. The fourth-order valence-electron chi connectivity index (χ4n) is 5.89. The van der Waals surface area contributed by atoms with Gasteiger partial charge < -0.3 is 5.11 Å². The molecule has 1 aliphatic rings. The first-order valence-electron chi connectivity index (χ1n) is 14.0. The van der Waals surface area contributed by atoms with Gasteiger partial charge in [-0.3, -0.25) is 9.36 Å². The largest absolute Gasteiger partial charge is 0.386 e. The van der Waals surface area contributed by atoms with Crippen LogP contribution in [0.2, 0.25) is 0 Å². The Hall–Kier alpha value is -4.37. The third kappa shape index (κ3) is 4.32. The molecule has 2 aromatic carbocycles. The Morgan fingerprint density at radius 1 is 1.00 bits per heavy atom. The number of benzene rings is 2. The average molecular weight is 550 g/mol. The standard InChI is InChI=1S/C32H32FN7O/c1-19(2)28-20(3)40(26-15-22-16-38(4)37-31(22)34-30(26)32(33)13-14-32)36-29(28)23-11-8-12-25-24(23)17-39(35-25)18-27(41)21-9-6-5-7-10-21/h5-12,15-17,19,27,41H,13-14,18H2,1-4H3/t27-/m0/s1. The maximum Gasteiger partial charge on any atom is 0.181 e. The molecule has 4 aromatic heterocycles. The van der Waals surface area contributed by atoms with Gasteiger partial charge in [-0.05, 0) is 43.4 Å². The van der Waals surface area contributed by atoms with Crippen molar-refractivity contribution in [1.29, 1.82) is 0 Å². The highest BCUT2D eigenvalue weighted by molar-refractivity contribution is 5.94. The molecule has 0 bridgehead atoms. The average Bonchev–Trinajstić information content (AvgIpc) is 3.26. The van der Waals surface area contributed by atoms with E-state index in [0.717, 1.165) is 44.4 Å². The maximum absolute atomic E-state index is 15.7. The highest BCUT2D eigenvalue weighted by Crippen LogP contribution is 2.51. The monoisotopic (exact) mass is 549 g/mol. The van der Waals surface area contributed by atoms with Crippen molar-refractivity contribution in [3.8, 4) is 16.9 Å². The SMILES string of the molecule is Cc1c(C(C)C)c(-c2cccc3nn(C[C@H](O)c4ccccc4)cc23)nn1-c1cc2cn(C)nc2nc1C1(F)CC1. The fraction of sp³-hybridized carbons (Fsp3) is 0.312. The minimum absolute atomic E-state index is 0.169. The predicted molar refractivity (Wildman–Crippen MR) is 157 cm³/mol. The second kappa shape index (κ2) is 9.34. The van der Waals surface area contributed by atoms with Gasteiger partial charge >= 0.3 is 0 Å². The lowest BCUT2D eigenvalue weighted by Gasteiger charge is -2.14. The molecule has 0 spiro atoms. The van der Waals surface area contributed by atoms with Crippen molar-refractivity contribution >= 4 is 21.9 Å². The van der Waals surface area contributed by atoms with E-state index < -0.39 is 11.8 Å². The van der Waals surface area contributed by atoms with Gasteiger partial charge in [-0.1, -0.05) is 56.3 Å². The van der Waals surface area contributed by atoms with Crippen molar-refractivity contribution in [2.45, 2.75) is 57.8 Å². The first-order valence-corrected chi connectivity index (χ1v) is 14.0. The van der Waals surface area contributed by atoms with E-state index >= 15 is 4.39 Å². The van der Waals surface area contributed by atoms with Crippen LogP contribution >= 0.6 is 0 Å². The van der Waals surface area contributed by atoms with Gasteiger partial charge in [0.2, 0.25) is 0 Å². The molecule has 1 fully saturated rings. The molecule has 0 amide bonds. The fourth-order valence-corrected chi connectivity index (χ4v) is 5.89. The first-order chi connectivity index (χ1) is 19.7. The van der Waals surface area contributed by atoms with Gasteiger partial charge in [0, 0.05) is 47.0 Å². The van der Waals surface area contributed by atoms with E-state index in [2.05, 4.69) is 25.0 Å². The number of halogens is 1. The zero-order valence-electron chi connectivity index (χ0n) is 23.6. The molecule has 1 atom stereocenters. The number of hydrogen-bond acceptors (Lipinski definition) is 5. The molecule has 0 saturated heterocycles. The normalized spacial score (nSPS) is 15.3. The molecule has 208 valence electrons. The summed E-state index contributed by atoms with van der Waals surface area (Å²) in [5.74, 6) is 0.169. The number of aliphatic hydroxyl groups is 1. The van der Waals surface area contributed by atoms with Crippen molar-refractivity contribution < 1.29 is 9.50 Å². The Morgan fingerprint density at radius 3 is 2.51 bits per heavy atom. The molecule has 1 N–H and O–H groups in total. The Balaban J connectivity index is 1.37. The lowest BCUT2D eigenvalue weighted by molar-refractivity contribution is 0.152. The number of aryl methyl sites for hydroxylation is 1. The molecule has 0 aliphatic heterocycles. The molecule has 1 aliphatic carbocycles. The van der Waals surface area contributed by atoms with Crippen molar-refractivity contribution in [2.24, 2.45) is 7.05 Å². The van der Waals surface area contributed by atoms with Gasteiger partial charge in [0.25, 0.3) is 0 Å². The Morgan fingerprint density at radius 2 is 1.78 bits per heavy atom. The number of rotatable bonds is 7. The molecule has 6 aromatic rings. The van der Waals surface area contributed by atoms with Crippen LogP contribution in [0.5, 0.6) is 0 Å². The molecular formula is C32H32FN7O. The van der Waals surface area contributed by atoms with E-state index in [1.807, 2.05) is 79.6 Å². The molecule has 4 heterocycles. The summed E-state index contributed by atoms with van der Waals surface area (Å²) in [7, 11) is 1.84. The van der Waals surface area contributed by atoms with Crippen LogP contribution in [-0.4, -0.2) is 39.4 Å². The summed E-state index contributed by atoms with van der Waals surface area (Å²) in [6.07, 6.45) is 4.09. The van der Waals surface area contributed by atoms with E-state index in [1.165, 1.54) is 0 Å². The number of pyridine rings is 1. The summed E-state index contributed by atoms with van der Waals surface area (Å²) in [4.78, 5) is 4.70. The number of fused-ring (bicyclic) bond motifs is 2. The third-order valence-electron chi connectivity index (χ3n) is 8.07. The molecule has 8 nitrogen and oxygen atoms in total. The van der Waals surface area contributed by atoms with Gasteiger partial charge in [-0.2, -0.15) is 15.3 Å². The third-order valence-corrected chi connectivity index (χ3v) is 8.07. The minimum Gasteiger partial charge on any atom is -0.386 e. The van der Waals surface area contributed by atoms with Crippen LogP contribution in [0.25, 0.3) is 38.9 Å². The molecule has 1 saturated carbocycles. The number of hydrogen-bond donors (Lipinski definition) is 1. The van der Waals surface area contributed by atoms with Crippen LogP contribution in [0, 0.1) is 6.92 Å². The van der Waals surface area contributed by atoms with Crippen LogP contribution in [0.4, 0.5) is 4.39 Å². The molecule has 9 heteroatoms. The van der Waals surface area contributed by atoms with E-state index in [9.17, 15) is 5.11 Å². The maximum atomic E-state index is 15.7. The van der Waals surface area contributed by atoms with E-state index in [1.54, 1.807) is 9.36 Å². The van der Waals surface area contributed by atoms with Crippen LogP contribution in [0.15, 0.2) is 67.0 Å². The summed E-state index contributed by atoms with van der Waals surface area (Å²) >= 11 is 0. The number of nitrogens with zero attached hydrogens (tertiary/aromatic N) is 7. The van der Waals surface area contributed by atoms with Gasteiger partial charge in [0.05, 0.1) is 29.5 Å². The van der Waals surface area contributed by atoms with Crippen molar-refractivity contribution in [1.82, 2.24) is 34.3 Å². The summed E-state index contributed by atoms with van der Waals surface area (Å²) in [6.45, 7) is 6.68. The minimum atomic E-state index is -1.46. The second-order valence-corrected chi connectivity index (χ2v) is 11.5. The van der Waals surface area contributed by atoms with Crippen LogP contribution in [0.3, 0.4) is 0 Å². The summed E-state index contributed by atoms with van der Waals surface area (Å²) in [6, 6.07) is 17.6. The lowest BCUT2D eigenvalue weighted by Crippen LogP contribution is -2.11. The topological polar surface area (TPSA) is 86.6 Å². The van der Waals surface area contributed by atoms with E-state index in [-0.39, 0.29) is 5.92 Å². The van der Waals surface area contributed by atoms with Crippen molar-refractivity contribution in [3.63, 3.8) is 0 Å². The molecule has 7 rings (SSSR count). The van der Waals surface area contributed by atoms with Crippen LogP contribution in [-0.2, 0) is 19.3 Å². The first kappa shape index (κ1) is 25.6. The molecule has 0 unspecified atom stereocenters. The summed E-state index contributed by atoms with van der Waals surface area (Å²) in [5, 5.41) is 27.0.